The van der Waals surface area contributed by atoms with Gasteiger partial charge in [-0.2, -0.15) is 5.10 Å². The number of nitrogens with one attached hydrogen (secondary N) is 2. The van der Waals surface area contributed by atoms with Crippen LogP contribution in [0.4, 0.5) is 0 Å². The molecule has 1 aliphatic heterocycles. The monoisotopic (exact) mass is 351 g/mol. The van der Waals surface area contributed by atoms with Crippen LogP contribution in [0.2, 0.25) is 0 Å². The van der Waals surface area contributed by atoms with Gasteiger partial charge in [-0.25, -0.2) is 4.98 Å². The highest BCUT2D eigenvalue weighted by molar-refractivity contribution is 5.84. The Morgan fingerprint density at radius 1 is 1.35 bits per heavy atom. The molecular formula is C20H25N5O. The summed E-state index contributed by atoms with van der Waals surface area (Å²) in [6, 6.07) is 8.24. The number of amides is 1. The maximum atomic E-state index is 12.7. The predicted molar refractivity (Wildman–Crippen MR) is 101 cm³/mol. The molecule has 0 aliphatic carbocycles. The number of aryl methyl sites for hydroxylation is 2. The average Bonchev–Trinajstić information content (AvgIpc) is 3.33. The van der Waals surface area contributed by atoms with E-state index in [1.807, 2.05) is 23.2 Å². The Bertz CT molecular complexity index is 896. The van der Waals surface area contributed by atoms with E-state index in [0.29, 0.717) is 6.42 Å². The second-order valence-electron chi connectivity index (χ2n) is 7.03. The molecule has 2 aromatic heterocycles. The molecule has 1 atom stereocenters. The van der Waals surface area contributed by atoms with Crippen molar-refractivity contribution < 1.29 is 4.79 Å². The molecule has 0 radical (unpaired) electrons. The van der Waals surface area contributed by atoms with Crippen molar-refractivity contribution in [2.75, 3.05) is 13.1 Å². The number of para-hydroxylation sites is 1. The molecule has 1 fully saturated rings. The zero-order valence-corrected chi connectivity index (χ0v) is 15.2. The van der Waals surface area contributed by atoms with Gasteiger partial charge in [0.1, 0.15) is 5.82 Å². The van der Waals surface area contributed by atoms with Gasteiger partial charge in [-0.1, -0.05) is 25.1 Å². The first kappa shape index (κ1) is 16.8. The van der Waals surface area contributed by atoms with Crippen molar-refractivity contribution in [3.05, 3.63) is 47.7 Å². The maximum Gasteiger partial charge on any atom is 0.222 e. The molecule has 3 aromatic rings. The SMILES string of the molecule is CCc1nc([C@@H]2CCCN(C(=O)CCc3c[nH]c4ccccc34)C2)n[nH]1. The van der Waals surface area contributed by atoms with Crippen LogP contribution in [0.3, 0.4) is 0 Å². The van der Waals surface area contributed by atoms with Crippen molar-refractivity contribution in [1.29, 1.82) is 0 Å². The number of likely N-dealkylation sites (tertiary alicyclic amines) is 1. The van der Waals surface area contributed by atoms with Crippen LogP contribution in [-0.2, 0) is 17.6 Å². The number of hydrogen-bond acceptors (Lipinski definition) is 3. The number of hydrogen-bond donors (Lipinski definition) is 2. The molecule has 1 saturated heterocycles. The van der Waals surface area contributed by atoms with Crippen molar-refractivity contribution in [3.63, 3.8) is 0 Å². The minimum Gasteiger partial charge on any atom is -0.361 e. The van der Waals surface area contributed by atoms with Gasteiger partial charge in [-0.3, -0.25) is 9.89 Å². The highest BCUT2D eigenvalue weighted by Gasteiger charge is 2.27. The van der Waals surface area contributed by atoms with Crippen molar-refractivity contribution in [2.45, 2.75) is 44.9 Å². The van der Waals surface area contributed by atoms with Gasteiger partial charge in [-0.15, -0.1) is 0 Å². The number of aromatic amines is 2. The van der Waals surface area contributed by atoms with Gasteiger partial charge in [-0.05, 0) is 30.9 Å². The topological polar surface area (TPSA) is 77.7 Å². The Morgan fingerprint density at radius 3 is 3.08 bits per heavy atom. The summed E-state index contributed by atoms with van der Waals surface area (Å²) in [4.78, 5) is 22.6. The van der Waals surface area contributed by atoms with E-state index in [-0.39, 0.29) is 11.8 Å². The zero-order valence-electron chi connectivity index (χ0n) is 15.2. The third-order valence-corrected chi connectivity index (χ3v) is 5.31. The smallest absolute Gasteiger partial charge is 0.222 e. The van der Waals surface area contributed by atoms with Crippen molar-refractivity contribution in [1.82, 2.24) is 25.1 Å². The molecule has 0 unspecified atom stereocenters. The number of piperidine rings is 1. The molecule has 3 heterocycles. The van der Waals surface area contributed by atoms with Gasteiger partial charge in [0, 0.05) is 48.9 Å². The van der Waals surface area contributed by atoms with Gasteiger partial charge in [0.25, 0.3) is 0 Å². The summed E-state index contributed by atoms with van der Waals surface area (Å²) in [7, 11) is 0. The van der Waals surface area contributed by atoms with Crippen LogP contribution in [-0.4, -0.2) is 44.1 Å². The number of carbonyl (C=O) groups excluding carboxylic acids is 1. The Balaban J connectivity index is 1.38. The first-order valence-corrected chi connectivity index (χ1v) is 9.48. The molecule has 4 rings (SSSR count). The summed E-state index contributed by atoms with van der Waals surface area (Å²) in [5.41, 5.74) is 2.34. The van der Waals surface area contributed by atoms with E-state index in [4.69, 9.17) is 0 Å². The van der Waals surface area contributed by atoms with E-state index in [1.54, 1.807) is 0 Å². The first-order chi connectivity index (χ1) is 12.7. The summed E-state index contributed by atoms with van der Waals surface area (Å²) in [6.45, 7) is 3.63. The Labute approximate surface area is 153 Å². The second kappa shape index (κ2) is 7.32. The molecule has 0 saturated carbocycles. The summed E-state index contributed by atoms with van der Waals surface area (Å²) in [6.07, 6.45) is 6.25. The molecule has 6 nitrogen and oxygen atoms in total. The molecular weight excluding hydrogens is 326 g/mol. The van der Waals surface area contributed by atoms with Crippen LogP contribution in [0, 0.1) is 0 Å². The van der Waals surface area contributed by atoms with Gasteiger partial charge in [0.05, 0.1) is 0 Å². The largest absolute Gasteiger partial charge is 0.361 e. The lowest BCUT2D eigenvalue weighted by Gasteiger charge is -2.31. The van der Waals surface area contributed by atoms with E-state index in [1.165, 1.54) is 10.9 Å². The number of benzene rings is 1. The van der Waals surface area contributed by atoms with Crippen LogP contribution in [0.25, 0.3) is 10.9 Å². The van der Waals surface area contributed by atoms with E-state index < -0.39 is 0 Å². The fourth-order valence-electron chi connectivity index (χ4n) is 3.80. The normalized spacial score (nSPS) is 17.7. The first-order valence-electron chi connectivity index (χ1n) is 9.48. The van der Waals surface area contributed by atoms with E-state index in [0.717, 1.165) is 55.9 Å². The Kier molecular flexibility index (Phi) is 4.73. The van der Waals surface area contributed by atoms with E-state index in [2.05, 4.69) is 39.2 Å². The average molecular weight is 351 g/mol. The highest BCUT2D eigenvalue weighted by Crippen LogP contribution is 2.25. The van der Waals surface area contributed by atoms with Gasteiger partial charge in [0.2, 0.25) is 5.91 Å². The third-order valence-electron chi connectivity index (χ3n) is 5.31. The van der Waals surface area contributed by atoms with Gasteiger partial charge >= 0.3 is 0 Å². The van der Waals surface area contributed by atoms with E-state index >= 15 is 0 Å². The van der Waals surface area contributed by atoms with Crippen LogP contribution in [0.15, 0.2) is 30.5 Å². The summed E-state index contributed by atoms with van der Waals surface area (Å²) in [5.74, 6) is 2.25. The van der Waals surface area contributed by atoms with Crippen molar-refractivity contribution in [2.24, 2.45) is 0 Å². The van der Waals surface area contributed by atoms with Crippen molar-refractivity contribution >= 4 is 16.8 Å². The third kappa shape index (κ3) is 3.36. The van der Waals surface area contributed by atoms with Crippen LogP contribution in [0.1, 0.15) is 49.3 Å². The Hall–Kier alpha value is -2.63. The Morgan fingerprint density at radius 2 is 2.23 bits per heavy atom. The fraction of sp³-hybridized carbons (Fsp3) is 0.450. The van der Waals surface area contributed by atoms with E-state index in [9.17, 15) is 4.79 Å². The fourth-order valence-corrected chi connectivity index (χ4v) is 3.80. The number of carbonyl (C=O) groups is 1. The molecule has 1 aromatic carbocycles. The predicted octanol–water partition coefficient (Wildman–Crippen LogP) is 3.19. The molecule has 6 heteroatoms. The molecule has 26 heavy (non-hydrogen) atoms. The number of nitrogens with zero attached hydrogens (tertiary/aromatic N) is 3. The molecule has 1 aliphatic rings. The molecule has 2 N–H and O–H groups in total. The number of aromatic nitrogens is 4. The number of H-pyrrole nitrogens is 2. The maximum absolute atomic E-state index is 12.7. The molecule has 1 amide bonds. The molecule has 136 valence electrons. The number of fused-ring (bicyclic) bond motifs is 1. The minimum atomic E-state index is 0.228. The highest BCUT2D eigenvalue weighted by atomic mass is 16.2. The lowest BCUT2D eigenvalue weighted by Crippen LogP contribution is -2.39. The van der Waals surface area contributed by atoms with Gasteiger partial charge < -0.3 is 9.88 Å². The quantitative estimate of drug-likeness (QED) is 0.741. The van der Waals surface area contributed by atoms with Crippen LogP contribution < -0.4 is 0 Å². The van der Waals surface area contributed by atoms with Crippen LogP contribution in [0.5, 0.6) is 0 Å². The van der Waals surface area contributed by atoms with Crippen molar-refractivity contribution in [3.8, 4) is 0 Å². The summed E-state index contributed by atoms with van der Waals surface area (Å²) >= 11 is 0. The summed E-state index contributed by atoms with van der Waals surface area (Å²) < 4.78 is 0. The minimum absolute atomic E-state index is 0.228. The lowest BCUT2D eigenvalue weighted by molar-refractivity contribution is -0.132. The second-order valence-corrected chi connectivity index (χ2v) is 7.03. The lowest BCUT2D eigenvalue weighted by atomic mass is 9.96. The zero-order chi connectivity index (χ0) is 17.9. The number of rotatable bonds is 5. The summed E-state index contributed by atoms with van der Waals surface area (Å²) in [5, 5.41) is 8.55. The standard InChI is InChI=1S/C20H25N5O/c1-2-18-22-20(24-23-18)15-6-5-11-25(13-15)19(26)10-9-14-12-21-17-8-4-3-7-16(14)17/h3-4,7-8,12,15,21H,2,5-6,9-11,13H2,1H3,(H,22,23,24)/t15-/m1/s1. The van der Waals surface area contributed by atoms with Gasteiger partial charge in [0.15, 0.2) is 5.82 Å². The molecule has 0 bridgehead atoms. The molecule has 0 spiro atoms. The van der Waals surface area contributed by atoms with Crippen LogP contribution >= 0.6 is 0 Å².